The number of likely N-dealkylation sites (tertiary alicyclic amines) is 1. The lowest BCUT2D eigenvalue weighted by molar-refractivity contribution is -0.144. The molecule has 0 radical (unpaired) electrons. The van der Waals surface area contributed by atoms with Crippen molar-refractivity contribution in [2.75, 3.05) is 32.7 Å². The van der Waals surface area contributed by atoms with Gasteiger partial charge in [0.05, 0.1) is 5.92 Å². The molecule has 0 aromatic rings. The van der Waals surface area contributed by atoms with Gasteiger partial charge in [-0.25, -0.2) is 0 Å². The maximum Gasteiger partial charge on any atom is 0.451 e. The Morgan fingerprint density at radius 2 is 1.79 bits per heavy atom. The summed E-state index contributed by atoms with van der Waals surface area (Å²) in [6.45, 7) is 7.43. The van der Waals surface area contributed by atoms with Crippen LogP contribution >= 0.6 is 24.8 Å². The first-order valence-corrected chi connectivity index (χ1v) is 10.1. The van der Waals surface area contributed by atoms with Crippen LogP contribution in [0.2, 0.25) is 6.32 Å². The lowest BCUT2D eigenvalue weighted by atomic mass is 9.81. The van der Waals surface area contributed by atoms with Gasteiger partial charge in [-0.3, -0.25) is 9.59 Å². The highest BCUT2D eigenvalue weighted by Crippen LogP contribution is 2.22. The number of unbranched alkanes of at least 4 members (excludes halogenated alkanes) is 1. The number of carboxylic acids is 1. The number of halogens is 2. The standard InChI is InChI=1S/C18H36BN3O5.2ClH/c1-3-22(4-2)16(23)15-8-7-12-21(14-15)13-10-18(20,17(24)25)9-5-6-11-19(26)27;;/h15,26-27H,3-14,20H2,1-2H3,(H,24,25);2*1H. The van der Waals surface area contributed by atoms with E-state index >= 15 is 0 Å². The van der Waals surface area contributed by atoms with E-state index in [1.165, 1.54) is 0 Å². The number of carbonyl (C=O) groups excluding carboxylic acids is 1. The van der Waals surface area contributed by atoms with Gasteiger partial charge in [0.1, 0.15) is 5.54 Å². The second-order valence-electron chi connectivity index (χ2n) is 7.59. The van der Waals surface area contributed by atoms with E-state index in [9.17, 15) is 14.7 Å². The Labute approximate surface area is 187 Å². The third-order valence-corrected chi connectivity index (χ3v) is 5.57. The molecule has 29 heavy (non-hydrogen) atoms. The van der Waals surface area contributed by atoms with E-state index in [4.69, 9.17) is 15.8 Å². The Kier molecular flexibility index (Phi) is 16.1. The van der Waals surface area contributed by atoms with Crippen LogP contribution in [0.4, 0.5) is 0 Å². The van der Waals surface area contributed by atoms with Crippen molar-refractivity contribution in [1.29, 1.82) is 0 Å². The molecule has 0 spiro atoms. The Balaban J connectivity index is 0. The number of hydrogen-bond donors (Lipinski definition) is 4. The van der Waals surface area contributed by atoms with Gasteiger partial charge in [0, 0.05) is 26.2 Å². The van der Waals surface area contributed by atoms with Crippen molar-refractivity contribution in [2.45, 2.75) is 64.2 Å². The fourth-order valence-electron chi connectivity index (χ4n) is 3.72. The van der Waals surface area contributed by atoms with E-state index in [1.54, 1.807) is 0 Å². The molecule has 0 aromatic heterocycles. The Morgan fingerprint density at radius 1 is 1.17 bits per heavy atom. The van der Waals surface area contributed by atoms with Crippen LogP contribution in [-0.2, 0) is 9.59 Å². The minimum atomic E-state index is -1.37. The summed E-state index contributed by atoms with van der Waals surface area (Å²) in [5, 5.41) is 27.3. The Hall–Kier alpha value is -0.575. The van der Waals surface area contributed by atoms with Gasteiger partial charge in [0.2, 0.25) is 5.91 Å². The molecule has 2 atom stereocenters. The van der Waals surface area contributed by atoms with Gasteiger partial charge in [-0.1, -0.05) is 12.8 Å². The summed E-state index contributed by atoms with van der Waals surface area (Å²) >= 11 is 0. The lowest BCUT2D eigenvalue weighted by Gasteiger charge is -2.36. The number of carbonyl (C=O) groups is 2. The quantitative estimate of drug-likeness (QED) is 0.256. The molecule has 8 nitrogen and oxygen atoms in total. The number of hydrogen-bond acceptors (Lipinski definition) is 6. The predicted molar refractivity (Wildman–Crippen MR) is 120 cm³/mol. The summed E-state index contributed by atoms with van der Waals surface area (Å²) in [5.74, 6) is -0.869. The van der Waals surface area contributed by atoms with E-state index < -0.39 is 18.6 Å². The molecular weight excluding hydrogens is 420 g/mol. The van der Waals surface area contributed by atoms with Crippen molar-refractivity contribution in [3.05, 3.63) is 0 Å². The molecule has 1 saturated heterocycles. The van der Waals surface area contributed by atoms with E-state index in [0.29, 0.717) is 51.9 Å². The number of carboxylic acid groups (broad SMARTS) is 1. The van der Waals surface area contributed by atoms with Crippen molar-refractivity contribution in [1.82, 2.24) is 9.80 Å². The summed E-state index contributed by atoms with van der Waals surface area (Å²) in [4.78, 5) is 28.2. The molecule has 172 valence electrons. The number of piperidine rings is 1. The summed E-state index contributed by atoms with van der Waals surface area (Å²) in [6, 6.07) is 0. The van der Waals surface area contributed by atoms with E-state index in [-0.39, 0.29) is 43.0 Å². The average Bonchev–Trinajstić information content (AvgIpc) is 2.64. The van der Waals surface area contributed by atoms with Crippen molar-refractivity contribution in [2.24, 2.45) is 11.7 Å². The van der Waals surface area contributed by atoms with Crippen LogP contribution in [0.25, 0.3) is 0 Å². The molecule has 1 fully saturated rings. The first-order chi connectivity index (χ1) is 12.7. The molecule has 1 amide bonds. The van der Waals surface area contributed by atoms with Gasteiger partial charge in [-0.15, -0.1) is 24.8 Å². The maximum atomic E-state index is 12.6. The third kappa shape index (κ3) is 10.3. The molecule has 2 unspecified atom stereocenters. The van der Waals surface area contributed by atoms with Crippen LogP contribution in [-0.4, -0.2) is 82.2 Å². The van der Waals surface area contributed by atoms with E-state index in [2.05, 4.69) is 4.90 Å². The minimum Gasteiger partial charge on any atom is -0.480 e. The molecule has 0 aliphatic carbocycles. The molecule has 11 heteroatoms. The normalized spacial score (nSPS) is 18.7. The first kappa shape index (κ1) is 30.6. The predicted octanol–water partition coefficient (Wildman–Crippen LogP) is 1.23. The molecule has 1 rings (SSSR count). The fourth-order valence-corrected chi connectivity index (χ4v) is 3.72. The monoisotopic (exact) mass is 457 g/mol. The Bertz CT molecular complexity index is 486. The van der Waals surface area contributed by atoms with Gasteiger partial charge in [-0.05, 0) is 52.4 Å². The van der Waals surface area contributed by atoms with Gasteiger partial charge < -0.3 is 30.7 Å². The highest BCUT2D eigenvalue weighted by atomic mass is 35.5. The number of nitrogens with zero attached hydrogens (tertiary/aromatic N) is 2. The minimum absolute atomic E-state index is 0. The lowest BCUT2D eigenvalue weighted by Crippen LogP contribution is -2.51. The van der Waals surface area contributed by atoms with Crippen molar-refractivity contribution >= 4 is 43.8 Å². The zero-order chi connectivity index (χ0) is 20.4. The van der Waals surface area contributed by atoms with Gasteiger partial charge in [0.15, 0.2) is 0 Å². The number of rotatable bonds is 12. The van der Waals surface area contributed by atoms with Gasteiger partial charge >= 0.3 is 13.1 Å². The second kappa shape index (κ2) is 15.3. The van der Waals surface area contributed by atoms with Crippen molar-refractivity contribution in [3.63, 3.8) is 0 Å². The molecule has 1 aliphatic rings. The van der Waals surface area contributed by atoms with Crippen molar-refractivity contribution in [3.8, 4) is 0 Å². The fraction of sp³-hybridized carbons (Fsp3) is 0.889. The maximum absolute atomic E-state index is 12.6. The highest BCUT2D eigenvalue weighted by molar-refractivity contribution is 6.40. The molecule has 0 bridgehead atoms. The van der Waals surface area contributed by atoms with E-state index in [1.807, 2.05) is 18.7 Å². The van der Waals surface area contributed by atoms with Gasteiger partial charge in [-0.2, -0.15) is 0 Å². The largest absolute Gasteiger partial charge is 0.480 e. The highest BCUT2D eigenvalue weighted by Gasteiger charge is 2.35. The zero-order valence-corrected chi connectivity index (χ0v) is 19.2. The topological polar surface area (TPSA) is 127 Å². The first-order valence-electron chi connectivity index (χ1n) is 10.1. The second-order valence-corrected chi connectivity index (χ2v) is 7.59. The number of nitrogens with two attached hydrogens (primary N) is 1. The summed E-state index contributed by atoms with van der Waals surface area (Å²) in [5.41, 5.74) is 4.81. The molecule has 1 heterocycles. The van der Waals surface area contributed by atoms with Crippen LogP contribution in [0.5, 0.6) is 0 Å². The summed E-state index contributed by atoms with van der Waals surface area (Å²) in [7, 11) is -1.37. The summed E-state index contributed by atoms with van der Waals surface area (Å²) in [6.07, 6.45) is 3.69. The van der Waals surface area contributed by atoms with Gasteiger partial charge in [0.25, 0.3) is 0 Å². The van der Waals surface area contributed by atoms with E-state index in [0.717, 1.165) is 19.4 Å². The van der Waals surface area contributed by atoms with Crippen LogP contribution in [0.3, 0.4) is 0 Å². The molecular formula is C18H38BCl2N3O5. The molecule has 1 aliphatic heterocycles. The molecule has 5 N–H and O–H groups in total. The van der Waals surface area contributed by atoms with Crippen molar-refractivity contribution < 1.29 is 24.7 Å². The molecule has 0 aromatic carbocycles. The summed E-state index contributed by atoms with van der Waals surface area (Å²) < 4.78 is 0. The average molecular weight is 458 g/mol. The zero-order valence-electron chi connectivity index (χ0n) is 17.6. The number of aliphatic carboxylic acids is 1. The van der Waals surface area contributed by atoms with Crippen LogP contribution in [0, 0.1) is 5.92 Å². The van der Waals surface area contributed by atoms with Crippen LogP contribution in [0.1, 0.15) is 52.4 Å². The number of amides is 1. The smallest absolute Gasteiger partial charge is 0.451 e. The van der Waals surface area contributed by atoms with Crippen LogP contribution < -0.4 is 5.73 Å². The SMILES string of the molecule is CCN(CC)C(=O)C1CCCN(CCC(N)(CCCCB(O)O)C(=O)O)C1.Cl.Cl. The molecule has 0 saturated carbocycles. The third-order valence-electron chi connectivity index (χ3n) is 5.57. The van der Waals surface area contributed by atoms with Crippen LogP contribution in [0.15, 0.2) is 0 Å². The Morgan fingerprint density at radius 3 is 2.31 bits per heavy atom.